The summed E-state index contributed by atoms with van der Waals surface area (Å²) in [5, 5.41) is 4.39. The van der Waals surface area contributed by atoms with Crippen LogP contribution in [0.5, 0.6) is 0 Å². The molecule has 4 rings (SSSR count). The number of aryl methyl sites for hydroxylation is 2. The third-order valence-electron chi connectivity index (χ3n) is 5.05. The molecule has 0 saturated carbocycles. The minimum Gasteiger partial charge on any atom is -0.435 e. The lowest BCUT2D eigenvalue weighted by atomic mass is 10.2. The highest BCUT2D eigenvalue weighted by Gasteiger charge is 2.11. The van der Waals surface area contributed by atoms with E-state index in [4.69, 9.17) is 4.74 Å². The minimum atomic E-state index is -0.641. The van der Waals surface area contributed by atoms with Crippen LogP contribution < -0.4 is 0 Å². The highest BCUT2D eigenvalue weighted by atomic mass is 17.5. The van der Waals surface area contributed by atoms with Crippen LogP contribution in [-0.4, -0.2) is 37.8 Å². The van der Waals surface area contributed by atoms with Crippen LogP contribution in [0.25, 0.3) is 22.8 Å². The van der Waals surface area contributed by atoms with Crippen LogP contribution in [-0.2, 0) is 42.2 Å². The Labute approximate surface area is 201 Å². The summed E-state index contributed by atoms with van der Waals surface area (Å²) in [6, 6.07) is 19.3. The average Bonchev–Trinajstić information content (AvgIpc) is 3.57. The highest BCUT2D eigenvalue weighted by molar-refractivity contribution is 5.69. The number of benzene rings is 2. The van der Waals surface area contributed by atoms with E-state index >= 15 is 0 Å². The Morgan fingerprint density at radius 3 is 1.77 bits per heavy atom. The molecule has 0 N–H and O–H groups in total. The van der Waals surface area contributed by atoms with Crippen molar-refractivity contribution in [2.45, 2.75) is 25.9 Å². The van der Waals surface area contributed by atoms with Gasteiger partial charge in [0.15, 0.2) is 0 Å². The molecule has 0 saturated heterocycles. The number of ether oxygens (including phenoxy) is 1. The second-order valence-corrected chi connectivity index (χ2v) is 7.40. The number of carbonyl (C=O) groups is 2. The number of esters is 1. The maximum absolute atomic E-state index is 12.0. The molecule has 0 amide bonds. The third-order valence-corrected chi connectivity index (χ3v) is 5.05. The summed E-state index contributed by atoms with van der Waals surface area (Å²) < 4.78 is 8.62. The number of hydrogen-bond donors (Lipinski definition) is 0. The molecule has 2 heterocycles. The van der Waals surface area contributed by atoms with E-state index in [1.807, 2.05) is 69.8 Å². The summed E-state index contributed by atoms with van der Waals surface area (Å²) in [5.41, 5.74) is 1.89. The van der Waals surface area contributed by atoms with Crippen LogP contribution in [0, 0.1) is 0 Å². The second-order valence-electron chi connectivity index (χ2n) is 7.40. The molecule has 0 spiro atoms. The summed E-state index contributed by atoms with van der Waals surface area (Å²) in [7, 11) is 0. The predicted molar refractivity (Wildman–Crippen MR) is 124 cm³/mol. The van der Waals surface area contributed by atoms with Gasteiger partial charge in [-0.2, -0.15) is 4.89 Å². The van der Waals surface area contributed by atoms with E-state index in [2.05, 4.69) is 24.8 Å². The topological polar surface area (TPSA) is 107 Å². The number of imidazole rings is 2. The SMILES string of the molecule is O=C(CCn1ccnc1-c1ccccc1)OCOOOC(=O)CCn1ccnc1-c1ccccc1. The Hall–Kier alpha value is -4.28. The van der Waals surface area contributed by atoms with Gasteiger partial charge in [-0.05, 0) is 5.04 Å². The van der Waals surface area contributed by atoms with Crippen molar-refractivity contribution in [2.24, 2.45) is 0 Å². The molecule has 0 bridgehead atoms. The van der Waals surface area contributed by atoms with Crippen LogP contribution in [0.2, 0.25) is 0 Å². The molecule has 0 radical (unpaired) electrons. The molecule has 180 valence electrons. The van der Waals surface area contributed by atoms with Crippen molar-refractivity contribution < 1.29 is 29.1 Å². The summed E-state index contributed by atoms with van der Waals surface area (Å²) in [4.78, 5) is 41.7. The fraction of sp³-hybridized carbons (Fsp3) is 0.200. The zero-order valence-corrected chi connectivity index (χ0v) is 18.9. The highest BCUT2D eigenvalue weighted by Crippen LogP contribution is 2.18. The largest absolute Gasteiger partial charge is 0.435 e. The average molecular weight is 476 g/mol. The van der Waals surface area contributed by atoms with Crippen molar-refractivity contribution in [2.75, 3.05) is 6.79 Å². The van der Waals surface area contributed by atoms with Crippen molar-refractivity contribution >= 4 is 11.9 Å². The van der Waals surface area contributed by atoms with E-state index in [1.165, 1.54) is 0 Å². The van der Waals surface area contributed by atoms with E-state index in [9.17, 15) is 9.59 Å². The molecule has 4 aromatic rings. The fourth-order valence-electron chi connectivity index (χ4n) is 3.38. The molecule has 0 atom stereocenters. The Kier molecular flexibility index (Phi) is 8.36. The van der Waals surface area contributed by atoms with Gasteiger partial charge in [0, 0.05) is 49.0 Å². The molecule has 35 heavy (non-hydrogen) atoms. The van der Waals surface area contributed by atoms with Gasteiger partial charge in [-0.1, -0.05) is 60.7 Å². The van der Waals surface area contributed by atoms with Gasteiger partial charge in [-0.25, -0.2) is 14.8 Å². The smallest absolute Gasteiger partial charge is 0.347 e. The normalized spacial score (nSPS) is 10.7. The first-order valence-corrected chi connectivity index (χ1v) is 11.0. The van der Waals surface area contributed by atoms with E-state index < -0.39 is 18.7 Å². The Morgan fingerprint density at radius 2 is 1.23 bits per heavy atom. The van der Waals surface area contributed by atoms with Crippen molar-refractivity contribution in [3.63, 3.8) is 0 Å². The molecule has 10 heteroatoms. The summed E-state index contributed by atoms with van der Waals surface area (Å²) in [6.07, 6.45) is 7.05. The summed E-state index contributed by atoms with van der Waals surface area (Å²) in [6.45, 7) is 0.222. The summed E-state index contributed by atoms with van der Waals surface area (Å²) in [5.74, 6) is 0.365. The van der Waals surface area contributed by atoms with E-state index in [0.717, 1.165) is 22.8 Å². The van der Waals surface area contributed by atoms with Crippen molar-refractivity contribution in [3.05, 3.63) is 85.5 Å². The van der Waals surface area contributed by atoms with Crippen LogP contribution in [0.4, 0.5) is 0 Å². The van der Waals surface area contributed by atoms with Crippen molar-refractivity contribution in [1.82, 2.24) is 19.1 Å². The number of aromatic nitrogens is 4. The summed E-state index contributed by atoms with van der Waals surface area (Å²) >= 11 is 0. The molecule has 0 aliphatic rings. The minimum absolute atomic E-state index is 0.0357. The van der Waals surface area contributed by atoms with Gasteiger partial charge in [-0.3, -0.25) is 9.68 Å². The molecular formula is C25H24N4O6. The van der Waals surface area contributed by atoms with Crippen molar-refractivity contribution in [1.29, 1.82) is 0 Å². The number of carbonyl (C=O) groups excluding carboxylic acids is 2. The van der Waals surface area contributed by atoms with E-state index in [1.54, 1.807) is 24.8 Å². The first-order valence-electron chi connectivity index (χ1n) is 11.0. The van der Waals surface area contributed by atoms with Crippen LogP contribution in [0.15, 0.2) is 85.5 Å². The molecular weight excluding hydrogens is 452 g/mol. The Balaban J connectivity index is 1.10. The zero-order chi connectivity index (χ0) is 24.3. The van der Waals surface area contributed by atoms with Gasteiger partial charge in [0.25, 0.3) is 0 Å². The van der Waals surface area contributed by atoms with Gasteiger partial charge < -0.3 is 13.9 Å². The van der Waals surface area contributed by atoms with Gasteiger partial charge >= 0.3 is 11.9 Å². The predicted octanol–water partition coefficient (Wildman–Crippen LogP) is 3.80. The quantitative estimate of drug-likeness (QED) is 0.0999. The Morgan fingerprint density at radius 1 is 0.714 bits per heavy atom. The van der Waals surface area contributed by atoms with Gasteiger partial charge in [0.1, 0.15) is 11.6 Å². The maximum Gasteiger partial charge on any atom is 0.347 e. The molecule has 0 aliphatic heterocycles. The monoisotopic (exact) mass is 476 g/mol. The number of nitrogens with zero attached hydrogens (tertiary/aromatic N) is 4. The molecule has 0 unspecified atom stereocenters. The lowest BCUT2D eigenvalue weighted by Crippen LogP contribution is -2.14. The Bertz CT molecular complexity index is 1130. The van der Waals surface area contributed by atoms with Gasteiger partial charge in [0.05, 0.1) is 12.8 Å². The molecule has 0 aliphatic carbocycles. The third kappa shape index (κ3) is 6.85. The molecule has 10 nitrogen and oxygen atoms in total. The van der Waals surface area contributed by atoms with E-state index in [-0.39, 0.29) is 12.8 Å². The zero-order valence-electron chi connectivity index (χ0n) is 18.9. The first-order chi connectivity index (χ1) is 17.2. The van der Waals surface area contributed by atoms with Crippen LogP contribution >= 0.6 is 0 Å². The molecule has 2 aromatic carbocycles. The molecule has 0 fully saturated rings. The maximum atomic E-state index is 12.0. The van der Waals surface area contributed by atoms with Gasteiger partial charge in [0.2, 0.25) is 6.79 Å². The first kappa shape index (κ1) is 23.9. The standard InChI is InChI=1S/C25H24N4O6/c30-22(11-15-28-17-13-26-24(28)20-7-3-1-4-8-20)32-19-33-35-34-23(31)12-16-29-18-14-27-25(29)21-9-5-2-6-10-21/h1-10,13-14,17-18H,11-12,15-16,19H2. The lowest BCUT2D eigenvalue weighted by Gasteiger charge is -2.08. The lowest BCUT2D eigenvalue weighted by molar-refractivity contribution is -0.500. The van der Waals surface area contributed by atoms with Crippen LogP contribution in [0.3, 0.4) is 0 Å². The number of rotatable bonds is 12. The van der Waals surface area contributed by atoms with Crippen molar-refractivity contribution in [3.8, 4) is 22.8 Å². The van der Waals surface area contributed by atoms with Crippen LogP contribution in [0.1, 0.15) is 12.8 Å². The second kappa shape index (κ2) is 12.3. The number of hydrogen-bond acceptors (Lipinski definition) is 8. The fourth-order valence-corrected chi connectivity index (χ4v) is 3.38. The van der Waals surface area contributed by atoms with E-state index in [0.29, 0.717) is 13.1 Å². The molecule has 2 aromatic heterocycles. The van der Waals surface area contributed by atoms with Gasteiger partial charge in [-0.15, -0.1) is 0 Å².